The number of hydrogen-bond donors (Lipinski definition) is 0. The van der Waals surface area contributed by atoms with E-state index >= 15 is 0 Å². The summed E-state index contributed by atoms with van der Waals surface area (Å²) >= 11 is 1.29. The van der Waals surface area contributed by atoms with Crippen molar-refractivity contribution in [2.24, 2.45) is 7.05 Å². The van der Waals surface area contributed by atoms with Gasteiger partial charge in [-0.2, -0.15) is 4.98 Å². The van der Waals surface area contributed by atoms with E-state index in [1.807, 2.05) is 19.1 Å². The summed E-state index contributed by atoms with van der Waals surface area (Å²) < 4.78 is 12.1. The molecular formula is C21H20N6O4S. The summed E-state index contributed by atoms with van der Waals surface area (Å²) in [6.07, 6.45) is 1.12. The molecule has 1 aliphatic heterocycles. The molecule has 1 saturated heterocycles. The van der Waals surface area contributed by atoms with Crippen LogP contribution < -0.4 is 10.3 Å². The van der Waals surface area contributed by atoms with Gasteiger partial charge in [0.1, 0.15) is 10.8 Å². The lowest BCUT2D eigenvalue weighted by Gasteiger charge is -2.22. The van der Waals surface area contributed by atoms with E-state index in [0.29, 0.717) is 28.0 Å². The van der Waals surface area contributed by atoms with Crippen LogP contribution in [0.5, 0.6) is 5.75 Å². The second kappa shape index (κ2) is 7.83. The Balaban J connectivity index is 1.47. The van der Waals surface area contributed by atoms with E-state index < -0.39 is 6.09 Å². The number of carbonyl (C=O) groups is 1. The van der Waals surface area contributed by atoms with Gasteiger partial charge in [-0.1, -0.05) is 34.2 Å². The van der Waals surface area contributed by atoms with E-state index in [9.17, 15) is 9.59 Å². The summed E-state index contributed by atoms with van der Waals surface area (Å²) in [5, 5.41) is 4.42. The molecule has 0 radical (unpaired) electrons. The Labute approximate surface area is 186 Å². The van der Waals surface area contributed by atoms with Crippen molar-refractivity contribution in [2.75, 3.05) is 6.54 Å². The molecule has 5 rings (SSSR count). The number of aromatic nitrogens is 5. The van der Waals surface area contributed by atoms with Gasteiger partial charge >= 0.3 is 6.09 Å². The predicted molar refractivity (Wildman–Crippen MR) is 117 cm³/mol. The Morgan fingerprint density at radius 1 is 1.19 bits per heavy atom. The smallest absolute Gasteiger partial charge is 0.410 e. The molecule has 1 aliphatic rings. The molecule has 1 amide bonds. The zero-order valence-electron chi connectivity index (χ0n) is 17.7. The number of rotatable bonds is 3. The zero-order chi connectivity index (χ0) is 22.4. The molecule has 0 saturated carbocycles. The van der Waals surface area contributed by atoms with Crippen LogP contribution in [0.15, 0.2) is 33.6 Å². The van der Waals surface area contributed by atoms with Crippen molar-refractivity contribution in [3.05, 3.63) is 51.0 Å². The van der Waals surface area contributed by atoms with E-state index in [1.165, 1.54) is 15.9 Å². The topological polar surface area (TPSA) is 116 Å². The van der Waals surface area contributed by atoms with Gasteiger partial charge in [0.15, 0.2) is 16.2 Å². The van der Waals surface area contributed by atoms with E-state index in [-0.39, 0.29) is 28.8 Å². The van der Waals surface area contributed by atoms with Crippen LogP contribution in [0.3, 0.4) is 0 Å². The zero-order valence-corrected chi connectivity index (χ0v) is 18.5. The molecule has 0 spiro atoms. The fourth-order valence-corrected chi connectivity index (χ4v) is 4.78. The minimum atomic E-state index is -0.432. The average molecular weight is 452 g/mol. The molecule has 4 heterocycles. The minimum absolute atomic E-state index is 0.170. The largest absolute Gasteiger partial charge is 0.415 e. The molecule has 11 heteroatoms. The first-order chi connectivity index (χ1) is 15.4. The van der Waals surface area contributed by atoms with Crippen LogP contribution in [-0.2, 0) is 7.05 Å². The van der Waals surface area contributed by atoms with Gasteiger partial charge in [0, 0.05) is 13.6 Å². The monoisotopic (exact) mass is 452 g/mol. The predicted octanol–water partition coefficient (Wildman–Crippen LogP) is 3.39. The molecule has 10 nitrogen and oxygen atoms in total. The summed E-state index contributed by atoms with van der Waals surface area (Å²) in [4.78, 5) is 41.1. The average Bonchev–Trinajstić information content (AvgIpc) is 3.51. The molecule has 0 bridgehead atoms. The Morgan fingerprint density at radius 2 is 1.97 bits per heavy atom. The van der Waals surface area contributed by atoms with Crippen molar-refractivity contribution in [2.45, 2.75) is 32.7 Å². The van der Waals surface area contributed by atoms with Gasteiger partial charge in [-0.05, 0) is 38.8 Å². The normalized spacial score (nSPS) is 16.1. The highest BCUT2D eigenvalue weighted by Crippen LogP contribution is 2.36. The fraction of sp³-hybridized carbons (Fsp3) is 0.333. The molecule has 164 valence electrons. The molecule has 1 atom stereocenters. The minimum Gasteiger partial charge on any atom is -0.410 e. The standard InChI is InChI=1S/C21H20N6O4S/c1-11-6-8-13(9-7-11)30-21(29)27-10-4-5-14(27)18-23-15-19(32-18)24-16(26(3)20(15)28)17-22-12(2)25-31-17/h6-9,14H,4-5,10H2,1-3H3. The third-order valence-corrected chi connectivity index (χ3v) is 6.43. The summed E-state index contributed by atoms with van der Waals surface area (Å²) in [5.41, 5.74) is 1.03. The molecular weight excluding hydrogens is 432 g/mol. The van der Waals surface area contributed by atoms with Crippen molar-refractivity contribution in [3.63, 3.8) is 0 Å². The third kappa shape index (κ3) is 3.54. The lowest BCUT2D eigenvalue weighted by Crippen LogP contribution is -2.33. The quantitative estimate of drug-likeness (QED) is 0.464. The van der Waals surface area contributed by atoms with Crippen molar-refractivity contribution < 1.29 is 14.1 Å². The second-order valence-electron chi connectivity index (χ2n) is 7.68. The van der Waals surface area contributed by atoms with Crippen LogP contribution in [0.1, 0.15) is 35.3 Å². The van der Waals surface area contributed by atoms with Crippen LogP contribution in [-0.4, -0.2) is 42.2 Å². The van der Waals surface area contributed by atoms with Crippen LogP contribution >= 0.6 is 11.3 Å². The number of benzene rings is 1. The Hall–Kier alpha value is -3.60. The Morgan fingerprint density at radius 3 is 2.69 bits per heavy atom. The van der Waals surface area contributed by atoms with Crippen molar-refractivity contribution in [1.82, 2.24) is 29.6 Å². The van der Waals surface area contributed by atoms with Gasteiger partial charge in [0.25, 0.3) is 11.4 Å². The number of amides is 1. The number of likely N-dealkylation sites (tertiary alicyclic amines) is 1. The van der Waals surface area contributed by atoms with E-state index in [1.54, 1.807) is 31.0 Å². The van der Waals surface area contributed by atoms with Crippen LogP contribution in [0.25, 0.3) is 22.1 Å². The van der Waals surface area contributed by atoms with Gasteiger partial charge in [0.2, 0.25) is 5.82 Å². The number of carbonyl (C=O) groups excluding carboxylic acids is 1. The molecule has 32 heavy (non-hydrogen) atoms. The molecule has 3 aromatic heterocycles. The maximum atomic E-state index is 12.9. The molecule has 1 unspecified atom stereocenters. The van der Waals surface area contributed by atoms with Crippen LogP contribution in [0.2, 0.25) is 0 Å². The van der Waals surface area contributed by atoms with E-state index in [2.05, 4.69) is 20.1 Å². The number of fused-ring (bicyclic) bond motifs is 1. The number of thiazole rings is 1. The molecule has 0 N–H and O–H groups in total. The van der Waals surface area contributed by atoms with Crippen LogP contribution in [0.4, 0.5) is 4.79 Å². The Kier molecular flexibility index (Phi) is 4.97. The SMILES string of the molecule is Cc1ccc(OC(=O)N2CCCC2c2nc3c(=O)n(C)c(-c4nc(C)no4)nc3s2)cc1. The van der Waals surface area contributed by atoms with Gasteiger partial charge in [-0.3, -0.25) is 14.3 Å². The first kappa shape index (κ1) is 20.3. The molecule has 0 aliphatic carbocycles. The summed E-state index contributed by atoms with van der Waals surface area (Å²) in [6, 6.07) is 7.05. The maximum absolute atomic E-state index is 12.9. The first-order valence-corrected chi connectivity index (χ1v) is 11.0. The maximum Gasteiger partial charge on any atom is 0.415 e. The van der Waals surface area contributed by atoms with E-state index in [0.717, 1.165) is 18.4 Å². The highest BCUT2D eigenvalue weighted by Gasteiger charge is 2.34. The Bertz CT molecular complexity index is 1370. The number of hydrogen-bond acceptors (Lipinski definition) is 9. The number of nitrogens with zero attached hydrogens (tertiary/aromatic N) is 6. The summed E-state index contributed by atoms with van der Waals surface area (Å²) in [6.45, 7) is 4.22. The van der Waals surface area contributed by atoms with Gasteiger partial charge in [0.05, 0.1) is 6.04 Å². The van der Waals surface area contributed by atoms with Crippen molar-refractivity contribution in [1.29, 1.82) is 0 Å². The van der Waals surface area contributed by atoms with Crippen LogP contribution in [0, 0.1) is 13.8 Å². The second-order valence-corrected chi connectivity index (χ2v) is 8.69. The van der Waals surface area contributed by atoms with E-state index in [4.69, 9.17) is 9.26 Å². The van der Waals surface area contributed by atoms with Gasteiger partial charge in [-0.15, -0.1) is 0 Å². The highest BCUT2D eigenvalue weighted by atomic mass is 32.1. The molecule has 1 aromatic carbocycles. The first-order valence-electron chi connectivity index (χ1n) is 10.1. The molecule has 1 fully saturated rings. The van der Waals surface area contributed by atoms with Crippen molar-refractivity contribution >= 4 is 27.8 Å². The summed E-state index contributed by atoms with van der Waals surface area (Å²) in [5.74, 6) is 1.39. The van der Waals surface area contributed by atoms with Crippen molar-refractivity contribution in [3.8, 4) is 17.5 Å². The highest BCUT2D eigenvalue weighted by molar-refractivity contribution is 7.18. The third-order valence-electron chi connectivity index (χ3n) is 5.38. The van der Waals surface area contributed by atoms with Gasteiger partial charge in [-0.25, -0.2) is 14.8 Å². The summed E-state index contributed by atoms with van der Waals surface area (Å²) in [7, 11) is 1.59. The number of ether oxygens (including phenoxy) is 1. The lowest BCUT2D eigenvalue weighted by molar-refractivity contribution is 0.147. The van der Waals surface area contributed by atoms with Gasteiger partial charge < -0.3 is 9.26 Å². The number of aryl methyl sites for hydroxylation is 2. The fourth-order valence-electron chi connectivity index (χ4n) is 3.70. The molecule has 4 aromatic rings. The lowest BCUT2D eigenvalue weighted by atomic mass is 10.2.